The molecule has 3 aromatic heterocycles. The van der Waals surface area contributed by atoms with Gasteiger partial charge in [0.25, 0.3) is 0 Å². The molecule has 60 heavy (non-hydrogen) atoms. The van der Waals surface area contributed by atoms with Crippen LogP contribution >= 0.6 is 0 Å². The minimum Gasteiger partial charge on any atom is -0.457 e. The van der Waals surface area contributed by atoms with Crippen molar-refractivity contribution in [3.05, 3.63) is 156 Å². The summed E-state index contributed by atoms with van der Waals surface area (Å²) in [7, 11) is 0. The molecule has 6 nitrogen and oxygen atoms in total. The first-order valence-corrected chi connectivity index (χ1v) is 21.1. The van der Waals surface area contributed by atoms with Crippen molar-refractivity contribution in [1.29, 1.82) is 0 Å². The smallest absolute Gasteiger partial charge is 0.137 e. The average molecular weight is 789 g/mol. The molecule has 10 rings (SSSR count). The molecule has 1 aliphatic rings. The van der Waals surface area contributed by atoms with E-state index in [1.165, 1.54) is 22.1 Å². The van der Waals surface area contributed by atoms with Crippen LogP contribution in [-0.2, 0) is 16.2 Å². The number of furan rings is 1. The van der Waals surface area contributed by atoms with Gasteiger partial charge >= 0.3 is 0 Å². The number of fused-ring (bicyclic) bond motifs is 7. The van der Waals surface area contributed by atoms with Gasteiger partial charge in [-0.3, -0.25) is 4.57 Å². The second-order valence-electron chi connectivity index (χ2n) is 19.5. The van der Waals surface area contributed by atoms with Crippen molar-refractivity contribution in [2.75, 3.05) is 16.5 Å². The normalized spacial score (nSPS) is 13.6. The molecule has 0 unspecified atom stereocenters. The molecule has 0 radical (unpaired) electrons. The molecule has 0 amide bonds. The monoisotopic (exact) mass is 788 g/mol. The van der Waals surface area contributed by atoms with Crippen molar-refractivity contribution >= 4 is 66.5 Å². The zero-order chi connectivity index (χ0) is 41.7. The van der Waals surface area contributed by atoms with E-state index in [0.29, 0.717) is 6.67 Å². The number of hydrogen-bond acceptors (Lipinski definition) is 5. The number of pyridine rings is 1. The van der Waals surface area contributed by atoms with Crippen LogP contribution in [0.1, 0.15) is 79.0 Å². The molecule has 0 bridgehead atoms. The van der Waals surface area contributed by atoms with E-state index in [1.54, 1.807) is 0 Å². The fourth-order valence-electron chi connectivity index (χ4n) is 8.75. The quantitative estimate of drug-likeness (QED) is 0.174. The number of anilines is 4. The molecule has 0 fully saturated rings. The number of rotatable bonds is 5. The maximum atomic E-state index is 6.95. The highest BCUT2D eigenvalue weighted by molar-refractivity contribution is 6.13. The van der Waals surface area contributed by atoms with Crippen LogP contribution in [0.15, 0.2) is 144 Å². The zero-order valence-electron chi connectivity index (χ0n) is 36.1. The molecule has 6 heteroatoms. The molecule has 0 aliphatic carbocycles. The SMILES string of the molecule is CC(C)(C)c1cc(Oc2ccc3c4ccccc4n(-c4cc(C(C)(C)C)ccn4)c3c2)cc(N2CN(c3cc(C(C)(C)C)cc4oc5ccccc5c34)c3ccccc32)c1. The Morgan fingerprint density at radius 1 is 0.500 bits per heavy atom. The van der Waals surface area contributed by atoms with Crippen LogP contribution in [0, 0.1) is 0 Å². The summed E-state index contributed by atoms with van der Waals surface area (Å²) in [4.78, 5) is 9.78. The van der Waals surface area contributed by atoms with E-state index in [9.17, 15) is 0 Å². The van der Waals surface area contributed by atoms with E-state index in [0.717, 1.165) is 78.4 Å². The van der Waals surface area contributed by atoms with Crippen LogP contribution < -0.4 is 14.5 Å². The lowest BCUT2D eigenvalue weighted by atomic mass is 9.86. The Morgan fingerprint density at radius 3 is 1.90 bits per heavy atom. The summed E-state index contributed by atoms with van der Waals surface area (Å²) >= 11 is 0. The Kier molecular flexibility index (Phi) is 8.49. The highest BCUT2D eigenvalue weighted by Crippen LogP contribution is 2.50. The summed E-state index contributed by atoms with van der Waals surface area (Å²) in [6.45, 7) is 21.0. The van der Waals surface area contributed by atoms with E-state index in [1.807, 2.05) is 12.3 Å². The van der Waals surface area contributed by atoms with E-state index in [2.05, 4.69) is 204 Å². The molecule has 4 heterocycles. The predicted octanol–water partition coefficient (Wildman–Crippen LogP) is 15.0. The minimum atomic E-state index is -0.129. The van der Waals surface area contributed by atoms with Crippen LogP contribution in [-0.4, -0.2) is 16.2 Å². The highest BCUT2D eigenvalue weighted by atomic mass is 16.5. The number of aromatic nitrogens is 2. The minimum absolute atomic E-state index is 0.0102. The third kappa shape index (κ3) is 6.37. The summed E-state index contributed by atoms with van der Waals surface area (Å²) in [5.41, 5.74) is 12.0. The van der Waals surface area contributed by atoms with Crippen molar-refractivity contribution in [1.82, 2.24) is 9.55 Å². The summed E-state index contributed by atoms with van der Waals surface area (Å²) in [6, 6.07) is 47.8. The van der Waals surface area contributed by atoms with Gasteiger partial charge in [0.2, 0.25) is 0 Å². The van der Waals surface area contributed by atoms with Crippen LogP contribution in [0.25, 0.3) is 49.6 Å². The van der Waals surface area contributed by atoms with Gasteiger partial charge in [-0.1, -0.05) is 111 Å². The van der Waals surface area contributed by atoms with E-state index >= 15 is 0 Å². The van der Waals surface area contributed by atoms with Gasteiger partial charge in [0.1, 0.15) is 35.2 Å². The maximum Gasteiger partial charge on any atom is 0.137 e. The third-order valence-electron chi connectivity index (χ3n) is 12.2. The number of ether oxygens (including phenoxy) is 1. The lowest BCUT2D eigenvalue weighted by Gasteiger charge is -2.27. The first-order valence-electron chi connectivity index (χ1n) is 21.1. The second-order valence-corrected chi connectivity index (χ2v) is 19.5. The molecule has 0 saturated carbocycles. The van der Waals surface area contributed by atoms with Crippen LogP contribution in [0.5, 0.6) is 11.5 Å². The van der Waals surface area contributed by atoms with E-state index in [4.69, 9.17) is 14.1 Å². The fourth-order valence-corrected chi connectivity index (χ4v) is 8.75. The fraction of sp³-hybridized carbons (Fsp3) is 0.241. The van der Waals surface area contributed by atoms with Crippen LogP contribution in [0.2, 0.25) is 0 Å². The Balaban J connectivity index is 1.09. The lowest BCUT2D eigenvalue weighted by molar-refractivity contribution is 0.479. The highest BCUT2D eigenvalue weighted by Gasteiger charge is 2.32. The number of nitrogens with zero attached hydrogens (tertiary/aromatic N) is 4. The van der Waals surface area contributed by atoms with E-state index in [-0.39, 0.29) is 16.2 Å². The predicted molar refractivity (Wildman–Crippen MR) is 250 cm³/mol. The van der Waals surface area contributed by atoms with Gasteiger partial charge in [0, 0.05) is 40.2 Å². The van der Waals surface area contributed by atoms with Gasteiger partial charge in [-0.2, -0.15) is 0 Å². The van der Waals surface area contributed by atoms with E-state index < -0.39 is 0 Å². The van der Waals surface area contributed by atoms with Gasteiger partial charge in [0.15, 0.2) is 0 Å². The van der Waals surface area contributed by atoms with Crippen molar-refractivity contribution in [3.63, 3.8) is 0 Å². The Labute approximate surface area is 352 Å². The first kappa shape index (κ1) is 37.7. The molecule has 0 N–H and O–H groups in total. The number of hydrogen-bond donors (Lipinski definition) is 0. The summed E-state index contributed by atoms with van der Waals surface area (Å²) in [5.74, 6) is 2.46. The summed E-state index contributed by atoms with van der Waals surface area (Å²) in [5, 5.41) is 4.60. The molecular weight excluding hydrogens is 737 g/mol. The lowest BCUT2D eigenvalue weighted by Crippen LogP contribution is -2.25. The summed E-state index contributed by atoms with van der Waals surface area (Å²) in [6.07, 6.45) is 1.93. The van der Waals surface area contributed by atoms with Gasteiger partial charge in [-0.25, -0.2) is 4.98 Å². The largest absolute Gasteiger partial charge is 0.457 e. The standard InChI is InChI=1S/C54H52N4O2/c1-52(2,3)34-24-25-55-50(30-34)58-43-18-12-10-16-40(43)41-23-22-38(32-46(41)58)59-39-27-35(53(4,5)6)26-37(31-39)56-33-57(45-20-14-13-19-44(45)56)47-28-36(54(7,8)9)29-49-51(47)42-17-11-15-21-48(42)60-49/h10-32H,33H2,1-9H3. The summed E-state index contributed by atoms with van der Waals surface area (Å²) < 4.78 is 15.8. The number of para-hydroxylation sites is 4. The van der Waals surface area contributed by atoms with Crippen molar-refractivity contribution in [3.8, 4) is 17.3 Å². The topological polar surface area (TPSA) is 46.7 Å². The Hall–Kier alpha value is -6.53. The Morgan fingerprint density at radius 2 is 1.15 bits per heavy atom. The maximum absolute atomic E-state index is 6.95. The van der Waals surface area contributed by atoms with Crippen LogP contribution in [0.3, 0.4) is 0 Å². The third-order valence-corrected chi connectivity index (χ3v) is 12.2. The molecule has 1 aliphatic heterocycles. The zero-order valence-corrected chi connectivity index (χ0v) is 36.1. The van der Waals surface area contributed by atoms with Crippen molar-refractivity contribution in [2.24, 2.45) is 0 Å². The molecule has 0 saturated heterocycles. The van der Waals surface area contributed by atoms with Gasteiger partial charge in [0.05, 0.1) is 33.5 Å². The molecule has 300 valence electrons. The van der Waals surface area contributed by atoms with Gasteiger partial charge in [-0.05, 0) is 106 Å². The molecule has 6 aromatic carbocycles. The Bertz CT molecular complexity index is 3130. The van der Waals surface area contributed by atoms with Crippen LogP contribution in [0.4, 0.5) is 22.7 Å². The first-order chi connectivity index (χ1) is 28.6. The van der Waals surface area contributed by atoms with Gasteiger partial charge < -0.3 is 19.0 Å². The second kappa shape index (κ2) is 13.5. The molecule has 0 spiro atoms. The molecule has 0 atom stereocenters. The average Bonchev–Trinajstić information content (AvgIpc) is 3.89. The van der Waals surface area contributed by atoms with Gasteiger partial charge in [-0.15, -0.1) is 0 Å². The van der Waals surface area contributed by atoms with Crippen molar-refractivity contribution < 1.29 is 9.15 Å². The van der Waals surface area contributed by atoms with Crippen molar-refractivity contribution in [2.45, 2.75) is 78.6 Å². The molecular formula is C54H52N4O2. The number of benzene rings is 6. The molecule has 9 aromatic rings.